The second-order valence-corrected chi connectivity index (χ2v) is 4.32. The van der Waals surface area contributed by atoms with Crippen molar-refractivity contribution in [3.8, 4) is 6.07 Å². The first-order chi connectivity index (χ1) is 10.7. The standard InChI is InChI=1S/C15H15N5O2/c1-22-7-6-17-14-8-13(18-10-19-14)15(21)20-12-5-3-2-4-11(12)9-16/h2-5,8,10H,6-7H2,1H3,(H,20,21)(H,17,18,19). The average molecular weight is 297 g/mol. The Labute approximate surface area is 128 Å². The van der Waals surface area contributed by atoms with Gasteiger partial charge < -0.3 is 15.4 Å². The van der Waals surface area contributed by atoms with Gasteiger partial charge in [-0.3, -0.25) is 4.79 Å². The van der Waals surface area contributed by atoms with E-state index in [1.165, 1.54) is 6.33 Å². The van der Waals surface area contributed by atoms with E-state index in [9.17, 15) is 4.79 Å². The van der Waals surface area contributed by atoms with E-state index in [0.29, 0.717) is 30.2 Å². The number of carbonyl (C=O) groups is 1. The van der Waals surface area contributed by atoms with Crippen molar-refractivity contribution in [3.05, 3.63) is 47.9 Å². The summed E-state index contributed by atoms with van der Waals surface area (Å²) < 4.78 is 4.93. The Hall–Kier alpha value is -2.98. The van der Waals surface area contributed by atoms with Gasteiger partial charge in [-0.1, -0.05) is 12.1 Å². The van der Waals surface area contributed by atoms with Crippen molar-refractivity contribution in [1.82, 2.24) is 9.97 Å². The number of anilines is 2. The summed E-state index contributed by atoms with van der Waals surface area (Å²) in [5.41, 5.74) is 1.05. The quantitative estimate of drug-likeness (QED) is 0.786. The maximum absolute atomic E-state index is 12.2. The Morgan fingerprint density at radius 1 is 1.36 bits per heavy atom. The third kappa shape index (κ3) is 4.01. The van der Waals surface area contributed by atoms with Gasteiger partial charge in [-0.2, -0.15) is 5.26 Å². The van der Waals surface area contributed by atoms with Crippen molar-refractivity contribution in [2.24, 2.45) is 0 Å². The Morgan fingerprint density at radius 3 is 2.95 bits per heavy atom. The van der Waals surface area contributed by atoms with E-state index in [4.69, 9.17) is 10.00 Å². The highest BCUT2D eigenvalue weighted by molar-refractivity contribution is 6.03. The molecule has 7 heteroatoms. The molecule has 0 aliphatic carbocycles. The highest BCUT2D eigenvalue weighted by Crippen LogP contribution is 2.15. The Morgan fingerprint density at radius 2 is 2.18 bits per heavy atom. The molecule has 0 saturated carbocycles. The molecule has 7 nitrogen and oxygen atoms in total. The van der Waals surface area contributed by atoms with Gasteiger partial charge in [-0.25, -0.2) is 9.97 Å². The molecule has 0 bridgehead atoms. The predicted octanol–water partition coefficient (Wildman–Crippen LogP) is 1.66. The number of rotatable bonds is 6. The van der Waals surface area contributed by atoms with Crippen LogP contribution in [-0.4, -0.2) is 36.1 Å². The smallest absolute Gasteiger partial charge is 0.274 e. The van der Waals surface area contributed by atoms with E-state index < -0.39 is 5.91 Å². The lowest BCUT2D eigenvalue weighted by atomic mass is 10.2. The summed E-state index contributed by atoms with van der Waals surface area (Å²) in [6.45, 7) is 1.10. The van der Waals surface area contributed by atoms with Gasteiger partial charge in [-0.05, 0) is 12.1 Å². The molecule has 0 fully saturated rings. The van der Waals surface area contributed by atoms with E-state index in [1.54, 1.807) is 37.4 Å². The number of aromatic nitrogens is 2. The van der Waals surface area contributed by atoms with Crippen LogP contribution in [0.3, 0.4) is 0 Å². The van der Waals surface area contributed by atoms with Gasteiger partial charge in [0, 0.05) is 19.7 Å². The second kappa shape index (κ2) is 7.71. The van der Waals surface area contributed by atoms with Crippen molar-refractivity contribution in [3.63, 3.8) is 0 Å². The van der Waals surface area contributed by atoms with Crippen LogP contribution in [-0.2, 0) is 4.74 Å². The predicted molar refractivity (Wildman–Crippen MR) is 81.5 cm³/mol. The third-order valence-electron chi connectivity index (χ3n) is 2.81. The summed E-state index contributed by atoms with van der Waals surface area (Å²) in [6.07, 6.45) is 1.31. The molecule has 22 heavy (non-hydrogen) atoms. The number of hydrogen-bond donors (Lipinski definition) is 2. The molecule has 0 atom stereocenters. The highest BCUT2D eigenvalue weighted by Gasteiger charge is 2.11. The summed E-state index contributed by atoms with van der Waals surface area (Å²) in [5, 5.41) is 14.7. The van der Waals surface area contributed by atoms with E-state index >= 15 is 0 Å². The van der Waals surface area contributed by atoms with Crippen LogP contribution >= 0.6 is 0 Å². The lowest BCUT2D eigenvalue weighted by Gasteiger charge is -2.08. The Balaban J connectivity index is 2.09. The van der Waals surface area contributed by atoms with E-state index in [-0.39, 0.29) is 5.69 Å². The summed E-state index contributed by atoms with van der Waals surface area (Å²) >= 11 is 0. The number of nitrogens with one attached hydrogen (secondary N) is 2. The molecule has 0 aliphatic heterocycles. The molecule has 0 saturated heterocycles. The van der Waals surface area contributed by atoms with Crippen LogP contribution in [0.2, 0.25) is 0 Å². The van der Waals surface area contributed by atoms with Gasteiger partial charge in [0.15, 0.2) is 0 Å². The molecule has 112 valence electrons. The van der Waals surface area contributed by atoms with Crippen molar-refractivity contribution in [2.45, 2.75) is 0 Å². The number of ether oxygens (including phenoxy) is 1. The monoisotopic (exact) mass is 297 g/mol. The van der Waals surface area contributed by atoms with Crippen LogP contribution in [0.25, 0.3) is 0 Å². The van der Waals surface area contributed by atoms with Crippen molar-refractivity contribution in [1.29, 1.82) is 5.26 Å². The minimum atomic E-state index is -0.403. The zero-order valence-electron chi connectivity index (χ0n) is 12.0. The van der Waals surface area contributed by atoms with E-state index in [0.717, 1.165) is 0 Å². The minimum absolute atomic E-state index is 0.211. The zero-order valence-corrected chi connectivity index (χ0v) is 12.0. The summed E-state index contributed by atoms with van der Waals surface area (Å²) in [4.78, 5) is 20.2. The first-order valence-corrected chi connectivity index (χ1v) is 6.60. The van der Waals surface area contributed by atoms with Crippen LogP contribution in [0.15, 0.2) is 36.7 Å². The maximum atomic E-state index is 12.2. The molecule has 0 spiro atoms. The third-order valence-corrected chi connectivity index (χ3v) is 2.81. The largest absolute Gasteiger partial charge is 0.383 e. The van der Waals surface area contributed by atoms with E-state index in [2.05, 4.69) is 20.6 Å². The minimum Gasteiger partial charge on any atom is -0.383 e. The van der Waals surface area contributed by atoms with Gasteiger partial charge in [0.1, 0.15) is 23.9 Å². The molecule has 1 aromatic carbocycles. The molecule has 0 radical (unpaired) electrons. The molecule has 1 heterocycles. The van der Waals surface area contributed by atoms with Crippen LogP contribution in [0.5, 0.6) is 0 Å². The van der Waals surface area contributed by atoms with E-state index in [1.807, 2.05) is 6.07 Å². The summed E-state index contributed by atoms with van der Waals surface area (Å²) in [5.74, 6) is 0.130. The summed E-state index contributed by atoms with van der Waals surface area (Å²) in [7, 11) is 1.60. The fourth-order valence-corrected chi connectivity index (χ4v) is 1.74. The van der Waals surface area contributed by atoms with Gasteiger partial charge >= 0.3 is 0 Å². The Bertz CT molecular complexity index is 696. The Kier molecular flexibility index (Phi) is 5.40. The second-order valence-electron chi connectivity index (χ2n) is 4.32. The molecule has 1 aromatic heterocycles. The van der Waals surface area contributed by atoms with Gasteiger partial charge in [0.2, 0.25) is 0 Å². The lowest BCUT2D eigenvalue weighted by molar-refractivity contribution is 0.102. The molecule has 0 aliphatic rings. The number of para-hydroxylation sites is 1. The van der Waals surface area contributed by atoms with Crippen molar-refractivity contribution >= 4 is 17.4 Å². The number of nitrogens with zero attached hydrogens (tertiary/aromatic N) is 3. The number of nitriles is 1. The van der Waals surface area contributed by atoms with Gasteiger partial charge in [0.25, 0.3) is 5.91 Å². The van der Waals surface area contributed by atoms with Gasteiger partial charge in [-0.15, -0.1) is 0 Å². The molecule has 0 unspecified atom stereocenters. The normalized spacial score (nSPS) is 9.82. The number of amides is 1. The summed E-state index contributed by atoms with van der Waals surface area (Å²) in [6, 6.07) is 10.3. The fourth-order valence-electron chi connectivity index (χ4n) is 1.74. The topological polar surface area (TPSA) is 99.9 Å². The average Bonchev–Trinajstić information content (AvgIpc) is 2.56. The first-order valence-electron chi connectivity index (χ1n) is 6.60. The van der Waals surface area contributed by atoms with Crippen LogP contribution in [0, 0.1) is 11.3 Å². The SMILES string of the molecule is COCCNc1cc(C(=O)Nc2ccccc2C#N)ncn1. The number of hydrogen-bond acceptors (Lipinski definition) is 6. The van der Waals surface area contributed by atoms with Crippen molar-refractivity contribution < 1.29 is 9.53 Å². The molecule has 2 rings (SSSR count). The van der Waals surface area contributed by atoms with Crippen LogP contribution < -0.4 is 10.6 Å². The number of methoxy groups -OCH3 is 1. The first kappa shape index (κ1) is 15.4. The molecular weight excluding hydrogens is 282 g/mol. The zero-order chi connectivity index (χ0) is 15.8. The molecule has 2 aromatic rings. The van der Waals surface area contributed by atoms with Gasteiger partial charge in [0.05, 0.1) is 17.9 Å². The molecule has 2 N–H and O–H groups in total. The molecule has 1 amide bonds. The fraction of sp³-hybridized carbons (Fsp3) is 0.200. The van der Waals surface area contributed by atoms with Crippen LogP contribution in [0.4, 0.5) is 11.5 Å². The lowest BCUT2D eigenvalue weighted by Crippen LogP contribution is -2.16. The number of benzene rings is 1. The maximum Gasteiger partial charge on any atom is 0.274 e. The van der Waals surface area contributed by atoms with Crippen LogP contribution in [0.1, 0.15) is 16.1 Å². The molecular formula is C15H15N5O2. The number of carbonyl (C=O) groups excluding carboxylic acids is 1. The van der Waals surface area contributed by atoms with Crippen molar-refractivity contribution in [2.75, 3.05) is 30.9 Å². The highest BCUT2D eigenvalue weighted by atomic mass is 16.5.